The molecular formula is C6H7ClO3S. The third-order valence-corrected chi connectivity index (χ3v) is 0.985. The fourth-order valence-electron chi connectivity index (χ4n) is 0.415. The van der Waals surface area contributed by atoms with Gasteiger partial charge in [-0.05, 0) is 12.1 Å². The topological polar surface area (TPSA) is 57.5 Å². The van der Waals surface area contributed by atoms with Gasteiger partial charge in [0.2, 0.25) is 0 Å². The zero-order chi connectivity index (χ0) is 8.69. The first-order chi connectivity index (χ1) is 5.13. The highest BCUT2D eigenvalue weighted by atomic mass is 35.5. The van der Waals surface area contributed by atoms with Crippen LogP contribution in [0, 0.1) is 0 Å². The van der Waals surface area contributed by atoms with Crippen molar-refractivity contribution >= 4 is 23.0 Å². The van der Waals surface area contributed by atoms with E-state index < -0.39 is 11.4 Å². The van der Waals surface area contributed by atoms with Crippen molar-refractivity contribution in [2.45, 2.75) is 0 Å². The van der Waals surface area contributed by atoms with Gasteiger partial charge in [-0.1, -0.05) is 29.8 Å². The summed E-state index contributed by atoms with van der Waals surface area (Å²) in [4.78, 5) is 0. The van der Waals surface area contributed by atoms with E-state index in [9.17, 15) is 0 Å². The molecule has 0 radical (unpaired) electrons. The number of rotatable bonds is 0. The minimum absolute atomic E-state index is 0.794. The van der Waals surface area contributed by atoms with Crippen LogP contribution in [-0.2, 0) is 11.4 Å². The van der Waals surface area contributed by atoms with Gasteiger partial charge in [0.15, 0.2) is 0 Å². The normalized spacial score (nSPS) is 8.73. The molecule has 0 heterocycles. The lowest BCUT2D eigenvalue weighted by molar-refractivity contribution is 0.454. The van der Waals surface area contributed by atoms with Crippen molar-refractivity contribution in [3.63, 3.8) is 0 Å². The van der Waals surface area contributed by atoms with Gasteiger partial charge in [0.25, 0.3) is 11.4 Å². The molecule has 0 unspecified atom stereocenters. The Hall–Kier alpha value is -0.420. The van der Waals surface area contributed by atoms with Crippen LogP contribution in [-0.4, -0.2) is 13.3 Å². The van der Waals surface area contributed by atoms with Gasteiger partial charge in [0.05, 0.1) is 0 Å². The molecule has 0 fully saturated rings. The fourth-order valence-corrected chi connectivity index (χ4v) is 0.560. The molecule has 11 heavy (non-hydrogen) atoms. The van der Waals surface area contributed by atoms with Crippen molar-refractivity contribution in [3.8, 4) is 0 Å². The Morgan fingerprint density at radius 3 is 1.73 bits per heavy atom. The maximum atomic E-state index is 8.67. The predicted molar refractivity (Wildman–Crippen MR) is 44.9 cm³/mol. The lowest BCUT2D eigenvalue weighted by atomic mass is 10.4. The van der Waals surface area contributed by atoms with Gasteiger partial charge in [-0.3, -0.25) is 9.11 Å². The Balaban J connectivity index is 0.000000218. The molecule has 0 bridgehead atoms. The molecule has 0 amide bonds. The largest absolute Gasteiger partial charge is 0.299 e. The van der Waals surface area contributed by atoms with Crippen LogP contribution < -0.4 is 0 Å². The third kappa shape index (κ3) is 9.58. The number of hydrogen-bond acceptors (Lipinski definition) is 1. The molecule has 0 saturated heterocycles. The van der Waals surface area contributed by atoms with Gasteiger partial charge in [-0.15, -0.1) is 0 Å². The maximum absolute atomic E-state index is 8.67. The van der Waals surface area contributed by atoms with E-state index in [2.05, 4.69) is 0 Å². The minimum atomic E-state index is -2.61. The Labute approximate surface area is 72.1 Å². The van der Waals surface area contributed by atoms with Gasteiger partial charge >= 0.3 is 0 Å². The molecule has 2 N–H and O–H groups in total. The second-order valence-electron chi connectivity index (χ2n) is 1.53. The van der Waals surface area contributed by atoms with E-state index in [1.54, 1.807) is 0 Å². The van der Waals surface area contributed by atoms with Crippen molar-refractivity contribution in [3.05, 3.63) is 35.4 Å². The molecule has 5 heteroatoms. The van der Waals surface area contributed by atoms with Crippen LogP contribution in [0.25, 0.3) is 0 Å². The average molecular weight is 195 g/mol. The van der Waals surface area contributed by atoms with Crippen molar-refractivity contribution in [1.82, 2.24) is 0 Å². The predicted octanol–water partition coefficient (Wildman–Crippen LogP) is 2.02. The van der Waals surface area contributed by atoms with Crippen LogP contribution in [0.1, 0.15) is 0 Å². The highest BCUT2D eigenvalue weighted by Gasteiger charge is 1.74. The second kappa shape index (κ2) is 6.30. The molecule has 3 nitrogen and oxygen atoms in total. The first-order valence-electron chi connectivity index (χ1n) is 2.63. The van der Waals surface area contributed by atoms with Crippen LogP contribution in [0.15, 0.2) is 30.3 Å². The molecule has 62 valence electrons. The summed E-state index contributed by atoms with van der Waals surface area (Å²) in [5.74, 6) is 0. The van der Waals surface area contributed by atoms with Crippen LogP contribution in [0.4, 0.5) is 0 Å². The number of hydrogen-bond donors (Lipinski definition) is 2. The zero-order valence-electron chi connectivity index (χ0n) is 5.48. The Bertz CT molecular complexity index is 210. The molecule has 0 aliphatic heterocycles. The maximum Gasteiger partial charge on any atom is 0.299 e. The SMILES string of the molecule is Clc1ccccc1.O=S(O)O. The standard InChI is InChI=1S/C6H5Cl.H2O3S/c7-6-4-2-1-3-5-6;1-4(2)3/h1-5H;(H2,1,2,3). The van der Waals surface area contributed by atoms with E-state index in [1.807, 2.05) is 30.3 Å². The van der Waals surface area contributed by atoms with Crippen molar-refractivity contribution in [2.24, 2.45) is 0 Å². The van der Waals surface area contributed by atoms with Crippen LogP contribution >= 0.6 is 11.6 Å². The highest BCUT2D eigenvalue weighted by molar-refractivity contribution is 7.73. The minimum Gasteiger partial charge on any atom is -0.284 e. The Kier molecular flexibility index (Phi) is 6.06. The van der Waals surface area contributed by atoms with Crippen LogP contribution in [0.2, 0.25) is 5.02 Å². The molecule has 0 atom stereocenters. The van der Waals surface area contributed by atoms with Gasteiger partial charge < -0.3 is 0 Å². The molecule has 0 saturated carbocycles. The summed E-state index contributed by atoms with van der Waals surface area (Å²) in [6.45, 7) is 0. The molecule has 0 aromatic heterocycles. The lowest BCUT2D eigenvalue weighted by Crippen LogP contribution is -1.74. The van der Waals surface area contributed by atoms with Gasteiger partial charge in [-0.2, -0.15) is 4.21 Å². The van der Waals surface area contributed by atoms with E-state index in [0.717, 1.165) is 5.02 Å². The molecule has 0 aliphatic carbocycles. The molecule has 0 spiro atoms. The van der Waals surface area contributed by atoms with Crippen molar-refractivity contribution < 1.29 is 13.3 Å². The molecule has 1 aromatic carbocycles. The number of benzene rings is 1. The van der Waals surface area contributed by atoms with E-state index in [4.69, 9.17) is 24.9 Å². The number of halogens is 1. The van der Waals surface area contributed by atoms with Crippen LogP contribution in [0.3, 0.4) is 0 Å². The fraction of sp³-hybridized carbons (Fsp3) is 0. The Morgan fingerprint density at radius 1 is 1.18 bits per heavy atom. The first kappa shape index (κ1) is 10.6. The van der Waals surface area contributed by atoms with Crippen LogP contribution in [0.5, 0.6) is 0 Å². The van der Waals surface area contributed by atoms with Crippen molar-refractivity contribution in [1.29, 1.82) is 0 Å². The molecular weight excluding hydrogens is 188 g/mol. The lowest BCUT2D eigenvalue weighted by Gasteiger charge is -1.80. The van der Waals surface area contributed by atoms with E-state index in [-0.39, 0.29) is 0 Å². The first-order valence-corrected chi connectivity index (χ1v) is 4.07. The summed E-state index contributed by atoms with van der Waals surface area (Å²) in [7, 11) is 0. The van der Waals surface area contributed by atoms with E-state index in [1.165, 1.54) is 0 Å². The Morgan fingerprint density at radius 2 is 1.55 bits per heavy atom. The molecule has 0 aliphatic rings. The second-order valence-corrected chi connectivity index (χ2v) is 2.42. The summed E-state index contributed by atoms with van der Waals surface area (Å²) in [5, 5.41) is 0.794. The summed E-state index contributed by atoms with van der Waals surface area (Å²) in [6, 6.07) is 9.44. The highest BCUT2D eigenvalue weighted by Crippen LogP contribution is 2.03. The van der Waals surface area contributed by atoms with E-state index in [0.29, 0.717) is 0 Å². The van der Waals surface area contributed by atoms with E-state index >= 15 is 0 Å². The zero-order valence-corrected chi connectivity index (χ0v) is 7.05. The summed E-state index contributed by atoms with van der Waals surface area (Å²) in [5.41, 5.74) is 0. The van der Waals surface area contributed by atoms with Crippen molar-refractivity contribution in [2.75, 3.05) is 0 Å². The summed E-state index contributed by atoms with van der Waals surface area (Å²) in [6.07, 6.45) is 0. The molecule has 1 rings (SSSR count). The monoisotopic (exact) mass is 194 g/mol. The van der Waals surface area contributed by atoms with Gasteiger partial charge in [0, 0.05) is 5.02 Å². The average Bonchev–Trinajstić information content (AvgIpc) is 1.87. The smallest absolute Gasteiger partial charge is 0.284 e. The van der Waals surface area contributed by atoms with Gasteiger partial charge in [0.1, 0.15) is 0 Å². The van der Waals surface area contributed by atoms with Gasteiger partial charge in [-0.25, -0.2) is 0 Å². The third-order valence-electron chi connectivity index (χ3n) is 0.733. The molecule has 1 aromatic rings. The summed E-state index contributed by atoms with van der Waals surface area (Å²) >= 11 is 2.93. The summed E-state index contributed by atoms with van der Waals surface area (Å²) < 4.78 is 22.8. The quantitative estimate of drug-likeness (QED) is 0.622.